The smallest absolute Gasteiger partial charge is 0.243 e. The molecule has 1 fully saturated rings. The van der Waals surface area contributed by atoms with Crippen LogP contribution in [-0.2, 0) is 10.0 Å². The minimum absolute atomic E-state index is 0.0560. The number of rotatable bonds is 3. The van der Waals surface area contributed by atoms with E-state index in [0.717, 1.165) is 16.4 Å². The van der Waals surface area contributed by atoms with Gasteiger partial charge in [0, 0.05) is 13.1 Å². The van der Waals surface area contributed by atoms with Crippen LogP contribution in [0.1, 0.15) is 13.3 Å². The number of hydrogen-bond acceptors (Lipinski definition) is 4. The largest absolute Gasteiger partial charge is 0.396 e. The summed E-state index contributed by atoms with van der Waals surface area (Å²) in [7, 11) is -3.70. The monoisotopic (exact) mass is 274 g/mol. The number of hydrogen-bond donors (Lipinski definition) is 2. The molecule has 0 saturated carbocycles. The van der Waals surface area contributed by atoms with Gasteiger partial charge in [0.05, 0.1) is 16.2 Å². The summed E-state index contributed by atoms with van der Waals surface area (Å²) in [5, 5.41) is 9.81. The van der Waals surface area contributed by atoms with E-state index < -0.39 is 21.4 Å². The molecule has 0 unspecified atom stereocenters. The first-order valence-electron chi connectivity index (χ1n) is 5.56. The second-order valence-electron chi connectivity index (χ2n) is 4.53. The number of β-amino-alcohol motifs (C(OH)–C–C–N with tert-alkyl or cyclic N) is 1. The van der Waals surface area contributed by atoms with Crippen LogP contribution in [0.5, 0.6) is 0 Å². The lowest BCUT2D eigenvalue weighted by atomic mass is 9.94. The molecule has 3 N–H and O–H groups in total. The second-order valence-corrected chi connectivity index (χ2v) is 6.47. The lowest BCUT2D eigenvalue weighted by Crippen LogP contribution is -2.62. The van der Waals surface area contributed by atoms with Gasteiger partial charge in [-0.05, 0) is 24.6 Å². The highest BCUT2D eigenvalue weighted by Crippen LogP contribution is 2.30. The number of nitrogens with two attached hydrogens (primary N) is 1. The van der Waals surface area contributed by atoms with Gasteiger partial charge < -0.3 is 10.8 Å². The van der Waals surface area contributed by atoms with Crippen molar-refractivity contribution in [3.63, 3.8) is 0 Å². The number of sulfonamides is 1. The van der Waals surface area contributed by atoms with Crippen molar-refractivity contribution in [3.8, 4) is 0 Å². The summed E-state index contributed by atoms with van der Waals surface area (Å²) in [4.78, 5) is -0.0560. The average molecular weight is 274 g/mol. The lowest BCUT2D eigenvalue weighted by Gasteiger charge is -2.44. The van der Waals surface area contributed by atoms with Crippen molar-refractivity contribution in [2.24, 2.45) is 0 Å². The molecule has 1 heterocycles. The number of nitrogens with zero attached hydrogens (tertiary/aromatic N) is 1. The van der Waals surface area contributed by atoms with Crippen molar-refractivity contribution in [1.29, 1.82) is 0 Å². The summed E-state index contributed by atoms with van der Waals surface area (Å²) in [6, 6.07) is 3.28. The van der Waals surface area contributed by atoms with E-state index in [-0.39, 0.29) is 23.7 Å². The third-order valence-electron chi connectivity index (χ3n) is 3.20. The molecular weight excluding hydrogens is 259 g/mol. The van der Waals surface area contributed by atoms with E-state index in [4.69, 9.17) is 5.73 Å². The Bertz CT molecular complexity index is 568. The Morgan fingerprint density at radius 2 is 2.11 bits per heavy atom. The van der Waals surface area contributed by atoms with E-state index in [1.165, 1.54) is 6.07 Å². The normalized spacial score (nSPS) is 19.5. The summed E-state index contributed by atoms with van der Waals surface area (Å²) >= 11 is 0. The van der Waals surface area contributed by atoms with Crippen molar-refractivity contribution in [3.05, 3.63) is 24.0 Å². The van der Waals surface area contributed by atoms with Gasteiger partial charge in [0.1, 0.15) is 5.82 Å². The molecule has 18 heavy (non-hydrogen) atoms. The van der Waals surface area contributed by atoms with Gasteiger partial charge in [0.25, 0.3) is 0 Å². The maximum atomic E-state index is 13.0. The van der Waals surface area contributed by atoms with E-state index >= 15 is 0 Å². The Morgan fingerprint density at radius 3 is 2.61 bits per heavy atom. The second kappa shape index (κ2) is 4.18. The minimum Gasteiger partial charge on any atom is -0.396 e. The predicted octanol–water partition coefficient (Wildman–Crippen LogP) is 0.553. The van der Waals surface area contributed by atoms with Crippen LogP contribution in [-0.4, -0.2) is 36.5 Å². The van der Waals surface area contributed by atoms with Gasteiger partial charge in [-0.1, -0.05) is 6.92 Å². The highest BCUT2D eigenvalue weighted by molar-refractivity contribution is 7.89. The van der Waals surface area contributed by atoms with E-state index in [1.807, 2.05) is 0 Å². The van der Waals surface area contributed by atoms with Crippen LogP contribution >= 0.6 is 0 Å². The average Bonchev–Trinajstić information content (AvgIpc) is 2.28. The lowest BCUT2D eigenvalue weighted by molar-refractivity contribution is -0.0613. The molecule has 0 bridgehead atoms. The first kappa shape index (κ1) is 13.3. The molecule has 100 valence electrons. The number of anilines is 1. The fourth-order valence-corrected chi connectivity index (χ4v) is 3.47. The molecule has 7 heteroatoms. The molecule has 0 spiro atoms. The zero-order valence-electron chi connectivity index (χ0n) is 9.93. The molecule has 0 aromatic heterocycles. The summed E-state index contributed by atoms with van der Waals surface area (Å²) in [6.07, 6.45) is 0.491. The number of nitrogen functional groups attached to an aromatic ring is 1. The first-order valence-corrected chi connectivity index (χ1v) is 7.00. The first-order chi connectivity index (χ1) is 8.28. The third kappa shape index (κ3) is 2.09. The maximum absolute atomic E-state index is 13.0. The van der Waals surface area contributed by atoms with Crippen LogP contribution in [0.2, 0.25) is 0 Å². The Balaban J connectivity index is 2.25. The molecule has 1 aliphatic heterocycles. The summed E-state index contributed by atoms with van der Waals surface area (Å²) in [5.41, 5.74) is 4.20. The maximum Gasteiger partial charge on any atom is 0.243 e. The SMILES string of the molecule is CCC1(O)CN(S(=O)(=O)c2ccc(F)c(N)c2)C1. The van der Waals surface area contributed by atoms with E-state index in [0.29, 0.717) is 6.42 Å². The molecule has 0 amide bonds. The number of aliphatic hydroxyl groups is 1. The van der Waals surface area contributed by atoms with E-state index in [9.17, 15) is 17.9 Å². The molecule has 1 aromatic carbocycles. The molecule has 1 aromatic rings. The predicted molar refractivity (Wildman–Crippen MR) is 64.8 cm³/mol. The summed E-state index contributed by atoms with van der Waals surface area (Å²) in [6.45, 7) is 1.91. The van der Waals surface area contributed by atoms with E-state index in [2.05, 4.69) is 0 Å². The Kier molecular flexibility index (Phi) is 3.08. The van der Waals surface area contributed by atoms with Gasteiger partial charge in [0.2, 0.25) is 10.0 Å². The molecule has 0 aliphatic carbocycles. The summed E-state index contributed by atoms with van der Waals surface area (Å²) < 4.78 is 38.4. The number of benzene rings is 1. The Morgan fingerprint density at radius 1 is 1.50 bits per heavy atom. The van der Waals surface area contributed by atoms with Gasteiger partial charge in [0.15, 0.2) is 0 Å². The van der Waals surface area contributed by atoms with Crippen LogP contribution in [0.4, 0.5) is 10.1 Å². The Hall–Kier alpha value is -1.18. The van der Waals surface area contributed by atoms with Gasteiger partial charge >= 0.3 is 0 Å². The topological polar surface area (TPSA) is 83.6 Å². The zero-order valence-corrected chi connectivity index (χ0v) is 10.7. The highest BCUT2D eigenvalue weighted by Gasteiger charge is 2.46. The van der Waals surface area contributed by atoms with Crippen LogP contribution in [0.15, 0.2) is 23.1 Å². The standard InChI is InChI=1S/C11H15FN2O3S/c1-2-11(15)6-14(7-11)18(16,17)8-3-4-9(12)10(13)5-8/h3-5,15H,2,6-7,13H2,1H3. The number of halogens is 1. The van der Waals surface area contributed by atoms with Crippen LogP contribution < -0.4 is 5.73 Å². The molecule has 2 rings (SSSR count). The molecule has 1 aliphatic rings. The Labute approximate surface area is 105 Å². The molecular formula is C11H15FN2O3S. The van der Waals surface area contributed by atoms with E-state index in [1.54, 1.807) is 6.92 Å². The third-order valence-corrected chi connectivity index (χ3v) is 4.99. The quantitative estimate of drug-likeness (QED) is 0.789. The minimum atomic E-state index is -3.70. The van der Waals surface area contributed by atoms with Gasteiger partial charge in [-0.25, -0.2) is 12.8 Å². The van der Waals surface area contributed by atoms with Crippen molar-refractivity contribution >= 4 is 15.7 Å². The zero-order chi connectivity index (χ0) is 13.6. The van der Waals surface area contributed by atoms with Crippen molar-refractivity contribution in [2.75, 3.05) is 18.8 Å². The molecule has 0 radical (unpaired) electrons. The summed E-state index contributed by atoms with van der Waals surface area (Å²) in [5.74, 6) is -0.650. The van der Waals surface area contributed by atoms with Crippen LogP contribution in [0, 0.1) is 5.82 Å². The van der Waals surface area contributed by atoms with Gasteiger partial charge in [-0.15, -0.1) is 0 Å². The van der Waals surface area contributed by atoms with Crippen LogP contribution in [0.3, 0.4) is 0 Å². The van der Waals surface area contributed by atoms with Gasteiger partial charge in [-0.3, -0.25) is 0 Å². The van der Waals surface area contributed by atoms with Gasteiger partial charge in [-0.2, -0.15) is 4.31 Å². The van der Waals surface area contributed by atoms with Crippen molar-refractivity contribution < 1.29 is 17.9 Å². The van der Waals surface area contributed by atoms with Crippen LogP contribution in [0.25, 0.3) is 0 Å². The highest BCUT2D eigenvalue weighted by atomic mass is 32.2. The molecule has 1 saturated heterocycles. The molecule has 0 atom stereocenters. The fourth-order valence-electron chi connectivity index (χ4n) is 1.84. The van der Waals surface area contributed by atoms with Crippen molar-refractivity contribution in [2.45, 2.75) is 23.8 Å². The fraction of sp³-hybridized carbons (Fsp3) is 0.455. The van der Waals surface area contributed by atoms with Crippen molar-refractivity contribution in [1.82, 2.24) is 4.31 Å². The molecule has 5 nitrogen and oxygen atoms in total.